The normalized spacial score (nSPS) is 10.2. The van der Waals surface area contributed by atoms with E-state index in [-0.39, 0.29) is 10.6 Å². The van der Waals surface area contributed by atoms with Crippen LogP contribution in [-0.4, -0.2) is 17.0 Å². The zero-order valence-corrected chi connectivity index (χ0v) is 10.7. The van der Waals surface area contributed by atoms with E-state index in [9.17, 15) is 9.59 Å². The Balaban J connectivity index is 2.10. The first-order valence-electron chi connectivity index (χ1n) is 4.46. The van der Waals surface area contributed by atoms with Gasteiger partial charge in [0.25, 0.3) is 5.91 Å². The largest absolute Gasteiger partial charge is 0.477 e. The molecule has 2 aromatic rings. The predicted octanol–water partition coefficient (Wildman–Crippen LogP) is 3.05. The fraction of sp³-hybridized carbons (Fsp3) is 0. The first-order chi connectivity index (χ1) is 8.06. The highest BCUT2D eigenvalue weighted by Gasteiger charge is 2.13. The third-order valence-corrected chi connectivity index (χ3v) is 3.27. The Bertz CT molecular complexity index is 574. The number of amides is 1. The molecule has 17 heavy (non-hydrogen) atoms. The van der Waals surface area contributed by atoms with Gasteiger partial charge in [-0.15, -0.1) is 11.3 Å². The minimum Gasteiger partial charge on any atom is -0.477 e. The van der Waals surface area contributed by atoms with Gasteiger partial charge in [0.1, 0.15) is 4.88 Å². The second-order valence-corrected chi connectivity index (χ2v) is 4.89. The van der Waals surface area contributed by atoms with E-state index in [1.165, 1.54) is 18.2 Å². The van der Waals surface area contributed by atoms with E-state index in [2.05, 4.69) is 21.2 Å². The Morgan fingerprint density at radius 3 is 2.59 bits per heavy atom. The second-order valence-electron chi connectivity index (χ2n) is 3.03. The molecule has 0 saturated carbocycles. The van der Waals surface area contributed by atoms with Gasteiger partial charge in [-0.05, 0) is 40.2 Å². The molecule has 5 nitrogen and oxygen atoms in total. The first kappa shape index (κ1) is 11.9. The summed E-state index contributed by atoms with van der Waals surface area (Å²) in [6.45, 7) is 0. The van der Waals surface area contributed by atoms with Gasteiger partial charge >= 0.3 is 5.97 Å². The van der Waals surface area contributed by atoms with Crippen molar-refractivity contribution in [3.63, 3.8) is 0 Å². The van der Waals surface area contributed by atoms with Crippen molar-refractivity contribution in [1.29, 1.82) is 0 Å². The maximum absolute atomic E-state index is 11.6. The van der Waals surface area contributed by atoms with Crippen LogP contribution in [0.4, 0.5) is 5.00 Å². The number of carboxylic acids is 1. The molecule has 0 bridgehead atoms. The Kier molecular flexibility index (Phi) is 3.30. The van der Waals surface area contributed by atoms with Crippen LogP contribution in [0.1, 0.15) is 20.2 Å². The van der Waals surface area contributed by atoms with Gasteiger partial charge in [0.2, 0.25) is 0 Å². The lowest BCUT2D eigenvalue weighted by Crippen LogP contribution is -2.09. The number of halogens is 1. The smallest absolute Gasteiger partial charge is 0.345 e. The van der Waals surface area contributed by atoms with Crippen molar-refractivity contribution >= 4 is 44.1 Å². The summed E-state index contributed by atoms with van der Waals surface area (Å²) in [4.78, 5) is 22.5. The van der Waals surface area contributed by atoms with Crippen LogP contribution in [0.3, 0.4) is 0 Å². The van der Waals surface area contributed by atoms with Crippen molar-refractivity contribution < 1.29 is 19.1 Å². The van der Waals surface area contributed by atoms with Gasteiger partial charge in [0.05, 0.1) is 5.00 Å². The molecule has 0 aliphatic rings. The molecule has 0 fully saturated rings. The summed E-state index contributed by atoms with van der Waals surface area (Å²) in [6, 6.07) is 6.09. The number of carboxylic acid groups (broad SMARTS) is 1. The SMILES string of the molecule is O=C(Nc1ccc(C(=O)O)s1)c1ccc(Br)o1. The van der Waals surface area contributed by atoms with Crippen LogP contribution in [0.2, 0.25) is 0 Å². The molecule has 88 valence electrons. The highest BCUT2D eigenvalue weighted by Crippen LogP contribution is 2.23. The molecule has 2 rings (SSSR count). The van der Waals surface area contributed by atoms with E-state index in [0.29, 0.717) is 9.67 Å². The number of aromatic carboxylic acids is 1. The highest BCUT2D eigenvalue weighted by atomic mass is 79.9. The Labute approximate surface area is 108 Å². The van der Waals surface area contributed by atoms with E-state index < -0.39 is 11.9 Å². The highest BCUT2D eigenvalue weighted by molar-refractivity contribution is 9.10. The van der Waals surface area contributed by atoms with Crippen LogP contribution in [0, 0.1) is 0 Å². The number of carbonyl (C=O) groups is 2. The lowest BCUT2D eigenvalue weighted by Gasteiger charge is -1.97. The van der Waals surface area contributed by atoms with Crippen molar-refractivity contribution in [2.24, 2.45) is 0 Å². The average Bonchev–Trinajstić information content (AvgIpc) is 2.86. The van der Waals surface area contributed by atoms with Gasteiger partial charge < -0.3 is 14.8 Å². The summed E-state index contributed by atoms with van der Waals surface area (Å²) in [7, 11) is 0. The number of furan rings is 1. The molecule has 7 heteroatoms. The van der Waals surface area contributed by atoms with Gasteiger partial charge in [-0.2, -0.15) is 0 Å². The topological polar surface area (TPSA) is 79.5 Å². The summed E-state index contributed by atoms with van der Waals surface area (Å²) in [5.41, 5.74) is 0. The van der Waals surface area contributed by atoms with Crippen LogP contribution >= 0.6 is 27.3 Å². The predicted molar refractivity (Wildman–Crippen MR) is 65.6 cm³/mol. The molecule has 0 aliphatic carbocycles. The summed E-state index contributed by atoms with van der Waals surface area (Å²) < 4.78 is 5.52. The molecule has 2 heterocycles. The van der Waals surface area contributed by atoms with Gasteiger partial charge in [0.15, 0.2) is 10.4 Å². The van der Waals surface area contributed by atoms with Gasteiger partial charge in [0, 0.05) is 0 Å². The molecule has 0 saturated heterocycles. The van der Waals surface area contributed by atoms with Crippen molar-refractivity contribution in [3.05, 3.63) is 39.6 Å². The molecular formula is C10H6BrNO4S. The minimum absolute atomic E-state index is 0.155. The number of carbonyl (C=O) groups excluding carboxylic acids is 1. The number of hydrogen-bond acceptors (Lipinski definition) is 4. The first-order valence-corrected chi connectivity index (χ1v) is 6.07. The summed E-state index contributed by atoms with van der Waals surface area (Å²) in [6.07, 6.45) is 0. The third-order valence-electron chi connectivity index (χ3n) is 1.85. The zero-order valence-electron chi connectivity index (χ0n) is 8.27. The van der Waals surface area contributed by atoms with Crippen LogP contribution in [-0.2, 0) is 0 Å². The molecule has 2 aromatic heterocycles. The fourth-order valence-electron chi connectivity index (χ4n) is 1.13. The molecule has 0 spiro atoms. The van der Waals surface area contributed by atoms with Crippen LogP contribution in [0.15, 0.2) is 33.4 Å². The molecule has 0 aliphatic heterocycles. The monoisotopic (exact) mass is 315 g/mol. The Morgan fingerprint density at radius 1 is 1.29 bits per heavy atom. The summed E-state index contributed by atoms with van der Waals surface area (Å²) in [5, 5.41) is 11.7. The number of nitrogens with one attached hydrogen (secondary N) is 1. The molecule has 0 atom stereocenters. The zero-order chi connectivity index (χ0) is 12.4. The van der Waals surface area contributed by atoms with E-state index in [0.717, 1.165) is 11.3 Å². The van der Waals surface area contributed by atoms with Crippen molar-refractivity contribution in [3.8, 4) is 0 Å². The van der Waals surface area contributed by atoms with E-state index >= 15 is 0 Å². The standard InChI is InChI=1S/C10H6BrNO4S/c11-7-3-1-5(16-7)9(13)12-8-4-2-6(17-8)10(14)15/h1-4H,(H,12,13)(H,14,15). The average molecular weight is 316 g/mol. The van der Waals surface area contributed by atoms with Gasteiger partial charge in [-0.3, -0.25) is 4.79 Å². The Hall–Kier alpha value is -1.60. The van der Waals surface area contributed by atoms with Crippen molar-refractivity contribution in [2.45, 2.75) is 0 Å². The lowest BCUT2D eigenvalue weighted by molar-refractivity contribution is 0.0702. The fourth-order valence-corrected chi connectivity index (χ4v) is 2.18. The Morgan fingerprint density at radius 2 is 2.06 bits per heavy atom. The number of hydrogen-bond donors (Lipinski definition) is 2. The number of thiophene rings is 1. The molecule has 0 unspecified atom stereocenters. The van der Waals surface area contributed by atoms with Crippen molar-refractivity contribution in [1.82, 2.24) is 0 Å². The molecule has 0 radical (unpaired) electrons. The van der Waals surface area contributed by atoms with Crippen molar-refractivity contribution in [2.75, 3.05) is 5.32 Å². The van der Waals surface area contributed by atoms with Crippen LogP contribution in [0.5, 0.6) is 0 Å². The molecule has 2 N–H and O–H groups in total. The number of rotatable bonds is 3. The van der Waals surface area contributed by atoms with Gasteiger partial charge in [-0.25, -0.2) is 4.79 Å². The van der Waals surface area contributed by atoms with E-state index in [1.54, 1.807) is 6.07 Å². The van der Waals surface area contributed by atoms with Crippen LogP contribution < -0.4 is 5.32 Å². The maximum Gasteiger partial charge on any atom is 0.345 e. The van der Waals surface area contributed by atoms with E-state index in [1.807, 2.05) is 0 Å². The summed E-state index contributed by atoms with van der Waals surface area (Å²) >= 11 is 4.07. The lowest BCUT2D eigenvalue weighted by atomic mass is 10.4. The molecule has 1 amide bonds. The molecule has 0 aromatic carbocycles. The van der Waals surface area contributed by atoms with Crippen LogP contribution in [0.25, 0.3) is 0 Å². The maximum atomic E-state index is 11.6. The minimum atomic E-state index is -1.02. The second kappa shape index (κ2) is 4.72. The number of anilines is 1. The summed E-state index contributed by atoms with van der Waals surface area (Å²) in [5.74, 6) is -1.28. The van der Waals surface area contributed by atoms with Gasteiger partial charge in [-0.1, -0.05) is 0 Å². The molecular weight excluding hydrogens is 310 g/mol. The quantitative estimate of drug-likeness (QED) is 0.912. The third kappa shape index (κ3) is 2.75. The van der Waals surface area contributed by atoms with E-state index in [4.69, 9.17) is 9.52 Å².